The molecule has 0 aliphatic carbocycles. The Labute approximate surface area is 353 Å². The van der Waals surface area contributed by atoms with Gasteiger partial charge in [-0.3, -0.25) is 0 Å². The Bertz CT molecular complexity index is 3740. The van der Waals surface area contributed by atoms with Gasteiger partial charge in [0.2, 0.25) is 0 Å². The van der Waals surface area contributed by atoms with E-state index in [0.717, 1.165) is 17.1 Å². The quantitative estimate of drug-likeness (QED) is 0.121. The molecular formula is C60H37N. The third-order valence-electron chi connectivity index (χ3n) is 13.1. The standard InChI is InChI=1S/C60H37N/c1-3-16-39(17-4-1)55-35-36-56(40-18-5-2-6-19-40)61(55)42-31-32-53-54(37-42)60(48-25-10-9-24-47(48)58(53)44-26-11-20-38-15-7-8-23-43(38)44)52-34-33-51-46-28-13-22-41-21-12-27-45(57(41)46)49-29-14-30-50(52)59(49)51/h1-37H. The summed E-state index contributed by atoms with van der Waals surface area (Å²) in [7, 11) is 0. The maximum absolute atomic E-state index is 2.47. The Balaban J connectivity index is 1.20. The maximum Gasteiger partial charge on any atom is 0.0535 e. The van der Waals surface area contributed by atoms with Crippen LogP contribution in [0.1, 0.15) is 0 Å². The average molecular weight is 772 g/mol. The summed E-state index contributed by atoms with van der Waals surface area (Å²) < 4.78 is 2.45. The minimum absolute atomic E-state index is 1.12. The van der Waals surface area contributed by atoms with Gasteiger partial charge in [-0.25, -0.2) is 0 Å². The van der Waals surface area contributed by atoms with Crippen molar-refractivity contribution in [1.29, 1.82) is 0 Å². The Morgan fingerprint density at radius 1 is 0.246 bits per heavy atom. The van der Waals surface area contributed by atoms with Gasteiger partial charge in [0, 0.05) is 5.69 Å². The van der Waals surface area contributed by atoms with Crippen molar-refractivity contribution in [2.24, 2.45) is 0 Å². The lowest BCUT2D eigenvalue weighted by Crippen LogP contribution is -2.00. The third kappa shape index (κ3) is 5.02. The highest BCUT2D eigenvalue weighted by Gasteiger charge is 2.23. The van der Waals surface area contributed by atoms with Gasteiger partial charge in [-0.2, -0.15) is 0 Å². The van der Waals surface area contributed by atoms with E-state index >= 15 is 0 Å². The fraction of sp³-hybridized carbons (Fsp3) is 0. The molecule has 0 radical (unpaired) electrons. The molecule has 1 heterocycles. The van der Waals surface area contributed by atoms with Gasteiger partial charge in [0.15, 0.2) is 0 Å². The predicted molar refractivity (Wildman–Crippen MR) is 261 cm³/mol. The van der Waals surface area contributed by atoms with E-state index in [4.69, 9.17) is 0 Å². The zero-order chi connectivity index (χ0) is 40.0. The Morgan fingerprint density at radius 3 is 1.38 bits per heavy atom. The third-order valence-corrected chi connectivity index (χ3v) is 13.1. The molecule has 13 aromatic rings. The van der Waals surface area contributed by atoms with Crippen LogP contribution < -0.4 is 0 Å². The van der Waals surface area contributed by atoms with Crippen LogP contribution in [0, 0.1) is 0 Å². The highest BCUT2D eigenvalue weighted by atomic mass is 15.0. The van der Waals surface area contributed by atoms with Crippen molar-refractivity contribution in [1.82, 2.24) is 4.57 Å². The zero-order valence-electron chi connectivity index (χ0n) is 33.3. The van der Waals surface area contributed by atoms with Crippen LogP contribution in [0.2, 0.25) is 0 Å². The number of nitrogens with zero attached hydrogens (tertiary/aromatic N) is 1. The molecule has 1 heteroatoms. The maximum atomic E-state index is 2.47. The largest absolute Gasteiger partial charge is 0.309 e. The van der Waals surface area contributed by atoms with Crippen molar-refractivity contribution in [3.63, 3.8) is 0 Å². The minimum atomic E-state index is 1.12. The van der Waals surface area contributed by atoms with Gasteiger partial charge < -0.3 is 4.57 Å². The van der Waals surface area contributed by atoms with E-state index in [2.05, 4.69) is 229 Å². The van der Waals surface area contributed by atoms with Crippen LogP contribution in [0.25, 0.3) is 126 Å². The molecule has 0 N–H and O–H groups in total. The molecule has 13 rings (SSSR count). The van der Waals surface area contributed by atoms with Gasteiger partial charge >= 0.3 is 0 Å². The Kier molecular flexibility index (Phi) is 7.37. The number of hydrogen-bond acceptors (Lipinski definition) is 0. The molecule has 0 aliphatic rings. The number of aromatic nitrogens is 1. The average Bonchev–Trinajstić information content (AvgIpc) is 3.78. The van der Waals surface area contributed by atoms with Gasteiger partial charge in [-0.05, 0) is 133 Å². The van der Waals surface area contributed by atoms with Crippen molar-refractivity contribution in [2.45, 2.75) is 0 Å². The second-order valence-electron chi connectivity index (χ2n) is 16.3. The number of rotatable bonds is 5. The Morgan fingerprint density at radius 2 is 0.689 bits per heavy atom. The van der Waals surface area contributed by atoms with Crippen LogP contribution in [0.15, 0.2) is 224 Å². The summed E-state index contributed by atoms with van der Waals surface area (Å²) in [5.74, 6) is 0. The molecule has 0 amide bonds. The van der Waals surface area contributed by atoms with Crippen LogP contribution >= 0.6 is 0 Å². The minimum Gasteiger partial charge on any atom is -0.309 e. The summed E-state index contributed by atoms with van der Waals surface area (Å²) in [5.41, 5.74) is 10.8. The molecule has 0 saturated heterocycles. The molecule has 12 aromatic carbocycles. The molecular weight excluding hydrogens is 735 g/mol. The highest BCUT2D eigenvalue weighted by Crippen LogP contribution is 2.50. The van der Waals surface area contributed by atoms with E-state index in [-0.39, 0.29) is 0 Å². The molecule has 1 aromatic heterocycles. The van der Waals surface area contributed by atoms with E-state index in [9.17, 15) is 0 Å². The first kappa shape index (κ1) is 33.9. The van der Waals surface area contributed by atoms with Crippen molar-refractivity contribution in [2.75, 3.05) is 0 Å². The first-order chi connectivity index (χ1) is 30.3. The second kappa shape index (κ2) is 13.3. The topological polar surface area (TPSA) is 4.93 Å². The van der Waals surface area contributed by atoms with Gasteiger partial charge in [0.1, 0.15) is 0 Å². The zero-order valence-corrected chi connectivity index (χ0v) is 33.3. The lowest BCUT2D eigenvalue weighted by atomic mass is 9.82. The lowest BCUT2D eigenvalue weighted by Gasteiger charge is -2.22. The van der Waals surface area contributed by atoms with Gasteiger partial charge in [-0.15, -0.1) is 0 Å². The van der Waals surface area contributed by atoms with Crippen molar-refractivity contribution < 1.29 is 0 Å². The van der Waals surface area contributed by atoms with Crippen molar-refractivity contribution >= 4 is 75.4 Å². The molecule has 61 heavy (non-hydrogen) atoms. The molecule has 0 saturated carbocycles. The first-order valence-electron chi connectivity index (χ1n) is 21.2. The van der Waals surface area contributed by atoms with Crippen LogP contribution in [0.4, 0.5) is 0 Å². The fourth-order valence-corrected chi connectivity index (χ4v) is 10.6. The highest BCUT2D eigenvalue weighted by molar-refractivity contribution is 6.35. The molecule has 0 aliphatic heterocycles. The summed E-state index contributed by atoms with van der Waals surface area (Å²) in [6.07, 6.45) is 0. The van der Waals surface area contributed by atoms with Crippen molar-refractivity contribution in [3.05, 3.63) is 224 Å². The summed E-state index contributed by atoms with van der Waals surface area (Å²) in [6, 6.07) is 83.2. The van der Waals surface area contributed by atoms with Crippen molar-refractivity contribution in [3.8, 4) is 50.5 Å². The van der Waals surface area contributed by atoms with Crippen LogP contribution in [-0.2, 0) is 0 Å². The van der Waals surface area contributed by atoms with Gasteiger partial charge in [0.25, 0.3) is 0 Å². The number of hydrogen-bond donors (Lipinski definition) is 0. The van der Waals surface area contributed by atoms with E-state index in [1.54, 1.807) is 0 Å². The van der Waals surface area contributed by atoms with E-state index in [1.165, 1.54) is 109 Å². The summed E-state index contributed by atoms with van der Waals surface area (Å²) in [4.78, 5) is 0. The fourth-order valence-electron chi connectivity index (χ4n) is 10.6. The summed E-state index contributed by atoms with van der Waals surface area (Å²) in [6.45, 7) is 0. The predicted octanol–water partition coefficient (Wildman–Crippen LogP) is 16.7. The lowest BCUT2D eigenvalue weighted by molar-refractivity contribution is 1.10. The Hall–Kier alpha value is -8.00. The molecule has 0 spiro atoms. The molecule has 0 atom stereocenters. The van der Waals surface area contributed by atoms with Crippen LogP contribution in [0.3, 0.4) is 0 Å². The second-order valence-corrected chi connectivity index (χ2v) is 16.3. The van der Waals surface area contributed by atoms with Gasteiger partial charge in [0.05, 0.1) is 11.4 Å². The van der Waals surface area contributed by atoms with E-state index in [1.807, 2.05) is 0 Å². The normalized spacial score (nSPS) is 11.9. The smallest absolute Gasteiger partial charge is 0.0535 e. The summed E-state index contributed by atoms with van der Waals surface area (Å²) in [5, 5.41) is 17.9. The van der Waals surface area contributed by atoms with Crippen LogP contribution in [-0.4, -0.2) is 4.57 Å². The first-order valence-corrected chi connectivity index (χ1v) is 21.2. The summed E-state index contributed by atoms with van der Waals surface area (Å²) >= 11 is 0. The molecule has 282 valence electrons. The monoisotopic (exact) mass is 771 g/mol. The molecule has 0 unspecified atom stereocenters. The SMILES string of the molecule is c1ccc(-c2ccc(-c3ccccc3)n2-c2ccc3c(-c4cccc5ccccc45)c4ccccc4c(-c4ccc5c6cccc7cccc(c8cccc4c85)c76)c3c2)cc1. The van der Waals surface area contributed by atoms with E-state index < -0.39 is 0 Å². The van der Waals surface area contributed by atoms with E-state index in [0.29, 0.717) is 0 Å². The van der Waals surface area contributed by atoms with Crippen LogP contribution in [0.5, 0.6) is 0 Å². The van der Waals surface area contributed by atoms with Gasteiger partial charge in [-0.1, -0.05) is 200 Å². The molecule has 0 fully saturated rings. The molecule has 0 bridgehead atoms. The number of fused-ring (bicyclic) bond motifs is 5. The number of benzene rings is 12. The molecule has 1 nitrogen and oxygen atoms in total.